The Morgan fingerprint density at radius 1 is 1.39 bits per heavy atom. The van der Waals surface area contributed by atoms with Crippen molar-refractivity contribution in [3.05, 3.63) is 33.8 Å². The van der Waals surface area contributed by atoms with E-state index in [0.29, 0.717) is 22.6 Å². The van der Waals surface area contributed by atoms with Gasteiger partial charge < -0.3 is 10.5 Å². The van der Waals surface area contributed by atoms with Crippen LogP contribution in [0.5, 0.6) is 0 Å². The average molecular weight is 289 g/mol. The van der Waals surface area contributed by atoms with Crippen LogP contribution in [-0.2, 0) is 11.3 Å². The molecule has 2 unspecified atom stereocenters. The lowest BCUT2D eigenvalue weighted by atomic mass is 10.1. The van der Waals surface area contributed by atoms with Gasteiger partial charge in [0.25, 0.3) is 0 Å². The van der Waals surface area contributed by atoms with E-state index in [1.807, 2.05) is 18.2 Å². The zero-order valence-electron chi connectivity index (χ0n) is 10.4. The van der Waals surface area contributed by atoms with Gasteiger partial charge in [-0.3, -0.25) is 4.90 Å². The van der Waals surface area contributed by atoms with Crippen molar-refractivity contribution in [2.75, 3.05) is 19.7 Å². The SMILES string of the molecule is CC1COC(CN)CN1Cc1ccc(Cl)c(Cl)c1. The van der Waals surface area contributed by atoms with Crippen LogP contribution in [-0.4, -0.2) is 36.7 Å². The zero-order chi connectivity index (χ0) is 13.1. The Balaban J connectivity index is 2.04. The molecule has 2 atom stereocenters. The van der Waals surface area contributed by atoms with Crippen LogP contribution in [0, 0.1) is 0 Å². The summed E-state index contributed by atoms with van der Waals surface area (Å²) < 4.78 is 5.64. The van der Waals surface area contributed by atoms with E-state index in [4.69, 9.17) is 33.7 Å². The number of hydrogen-bond donors (Lipinski definition) is 1. The molecule has 0 saturated carbocycles. The fraction of sp³-hybridized carbons (Fsp3) is 0.538. The number of hydrogen-bond acceptors (Lipinski definition) is 3. The van der Waals surface area contributed by atoms with Gasteiger partial charge in [0.2, 0.25) is 0 Å². The van der Waals surface area contributed by atoms with Crippen LogP contribution in [0.4, 0.5) is 0 Å². The fourth-order valence-corrected chi connectivity index (χ4v) is 2.43. The quantitative estimate of drug-likeness (QED) is 0.929. The third-order valence-electron chi connectivity index (χ3n) is 3.27. The minimum atomic E-state index is 0.129. The Bertz CT molecular complexity index is 414. The molecule has 3 nitrogen and oxygen atoms in total. The number of halogens is 2. The summed E-state index contributed by atoms with van der Waals surface area (Å²) in [5, 5.41) is 1.20. The number of morpholine rings is 1. The van der Waals surface area contributed by atoms with E-state index < -0.39 is 0 Å². The van der Waals surface area contributed by atoms with Gasteiger partial charge in [-0.15, -0.1) is 0 Å². The first kappa shape index (κ1) is 14.1. The molecule has 2 rings (SSSR count). The Kier molecular flexibility index (Phi) is 4.87. The van der Waals surface area contributed by atoms with Crippen molar-refractivity contribution in [1.29, 1.82) is 0 Å². The lowest BCUT2D eigenvalue weighted by Gasteiger charge is -2.37. The van der Waals surface area contributed by atoms with E-state index >= 15 is 0 Å². The molecule has 0 aliphatic carbocycles. The molecule has 0 spiro atoms. The summed E-state index contributed by atoms with van der Waals surface area (Å²) in [7, 11) is 0. The molecule has 0 aromatic heterocycles. The van der Waals surface area contributed by atoms with Crippen LogP contribution >= 0.6 is 23.2 Å². The molecule has 1 saturated heterocycles. The van der Waals surface area contributed by atoms with Crippen molar-refractivity contribution in [1.82, 2.24) is 4.90 Å². The lowest BCUT2D eigenvalue weighted by molar-refractivity contribution is -0.0567. The molecule has 0 amide bonds. The third kappa shape index (κ3) is 3.37. The van der Waals surface area contributed by atoms with E-state index in [2.05, 4.69) is 11.8 Å². The van der Waals surface area contributed by atoms with E-state index in [-0.39, 0.29) is 6.10 Å². The molecule has 2 N–H and O–H groups in total. The van der Waals surface area contributed by atoms with Crippen molar-refractivity contribution >= 4 is 23.2 Å². The molecule has 1 fully saturated rings. The molecular weight excluding hydrogens is 271 g/mol. The zero-order valence-corrected chi connectivity index (χ0v) is 11.9. The number of benzene rings is 1. The number of ether oxygens (including phenoxy) is 1. The van der Waals surface area contributed by atoms with Gasteiger partial charge in [0.1, 0.15) is 0 Å². The topological polar surface area (TPSA) is 38.5 Å². The largest absolute Gasteiger partial charge is 0.374 e. The normalized spacial score (nSPS) is 25.3. The van der Waals surface area contributed by atoms with E-state index in [1.54, 1.807) is 0 Å². The number of nitrogens with zero attached hydrogens (tertiary/aromatic N) is 1. The van der Waals surface area contributed by atoms with E-state index in [1.165, 1.54) is 0 Å². The Morgan fingerprint density at radius 3 is 2.83 bits per heavy atom. The summed E-state index contributed by atoms with van der Waals surface area (Å²) in [6.45, 7) is 5.15. The highest BCUT2D eigenvalue weighted by atomic mass is 35.5. The second kappa shape index (κ2) is 6.22. The Morgan fingerprint density at radius 2 is 2.17 bits per heavy atom. The highest BCUT2D eigenvalue weighted by Crippen LogP contribution is 2.24. The number of rotatable bonds is 3. The summed E-state index contributed by atoms with van der Waals surface area (Å²) in [6.07, 6.45) is 0.129. The number of nitrogens with two attached hydrogens (primary N) is 1. The molecule has 1 aromatic rings. The van der Waals surface area contributed by atoms with Crippen LogP contribution in [0.15, 0.2) is 18.2 Å². The van der Waals surface area contributed by atoms with Crippen LogP contribution in [0.3, 0.4) is 0 Å². The maximum atomic E-state index is 6.03. The van der Waals surface area contributed by atoms with Gasteiger partial charge in [-0.1, -0.05) is 29.3 Å². The summed E-state index contributed by atoms with van der Waals surface area (Å²) >= 11 is 11.9. The second-order valence-electron chi connectivity index (χ2n) is 4.72. The summed E-state index contributed by atoms with van der Waals surface area (Å²) in [5.41, 5.74) is 6.82. The predicted molar refractivity (Wildman–Crippen MR) is 75.1 cm³/mol. The van der Waals surface area contributed by atoms with Crippen molar-refractivity contribution in [2.24, 2.45) is 5.73 Å². The molecule has 1 aliphatic rings. The van der Waals surface area contributed by atoms with Crippen molar-refractivity contribution < 1.29 is 4.74 Å². The van der Waals surface area contributed by atoms with E-state index in [9.17, 15) is 0 Å². The highest BCUT2D eigenvalue weighted by molar-refractivity contribution is 6.42. The highest BCUT2D eigenvalue weighted by Gasteiger charge is 2.25. The van der Waals surface area contributed by atoms with Gasteiger partial charge in [-0.2, -0.15) is 0 Å². The predicted octanol–water partition coefficient (Wildman–Crippen LogP) is 2.54. The summed E-state index contributed by atoms with van der Waals surface area (Å²) in [4.78, 5) is 2.36. The van der Waals surface area contributed by atoms with Gasteiger partial charge in [-0.25, -0.2) is 0 Å². The van der Waals surface area contributed by atoms with Gasteiger partial charge in [0.15, 0.2) is 0 Å². The molecule has 0 radical (unpaired) electrons. The first-order valence-corrected chi connectivity index (χ1v) is 6.85. The van der Waals surface area contributed by atoms with Crippen LogP contribution < -0.4 is 5.73 Å². The maximum absolute atomic E-state index is 6.03. The lowest BCUT2D eigenvalue weighted by Crippen LogP contribution is -2.49. The minimum absolute atomic E-state index is 0.129. The molecule has 5 heteroatoms. The van der Waals surface area contributed by atoms with Crippen molar-refractivity contribution in [3.8, 4) is 0 Å². The third-order valence-corrected chi connectivity index (χ3v) is 4.01. The monoisotopic (exact) mass is 288 g/mol. The van der Waals surface area contributed by atoms with Crippen LogP contribution in [0.25, 0.3) is 0 Å². The first-order valence-electron chi connectivity index (χ1n) is 6.09. The molecular formula is C13H18Cl2N2O. The van der Waals surface area contributed by atoms with E-state index in [0.717, 1.165) is 25.3 Å². The average Bonchev–Trinajstić information content (AvgIpc) is 2.36. The molecule has 18 heavy (non-hydrogen) atoms. The van der Waals surface area contributed by atoms with Crippen LogP contribution in [0.2, 0.25) is 10.0 Å². The standard InChI is InChI=1S/C13H18Cl2N2O/c1-9-8-18-11(5-16)7-17(9)6-10-2-3-12(14)13(15)4-10/h2-4,9,11H,5-8,16H2,1H3. The molecule has 100 valence electrons. The van der Waals surface area contributed by atoms with Gasteiger partial charge >= 0.3 is 0 Å². The molecule has 1 heterocycles. The summed E-state index contributed by atoms with van der Waals surface area (Å²) in [5.74, 6) is 0. The Labute approximate surface area is 118 Å². The smallest absolute Gasteiger partial charge is 0.0824 e. The fourth-order valence-electron chi connectivity index (χ4n) is 2.11. The molecule has 1 aliphatic heterocycles. The van der Waals surface area contributed by atoms with Crippen molar-refractivity contribution in [3.63, 3.8) is 0 Å². The maximum Gasteiger partial charge on any atom is 0.0824 e. The summed E-state index contributed by atoms with van der Waals surface area (Å²) in [6, 6.07) is 6.16. The van der Waals surface area contributed by atoms with Gasteiger partial charge in [0, 0.05) is 25.7 Å². The minimum Gasteiger partial charge on any atom is -0.374 e. The van der Waals surface area contributed by atoms with Crippen LogP contribution in [0.1, 0.15) is 12.5 Å². The second-order valence-corrected chi connectivity index (χ2v) is 5.53. The van der Waals surface area contributed by atoms with Gasteiger partial charge in [-0.05, 0) is 24.6 Å². The molecule has 1 aromatic carbocycles. The van der Waals surface area contributed by atoms with Gasteiger partial charge in [0.05, 0.1) is 22.8 Å². The Hall–Kier alpha value is -0.320. The first-order chi connectivity index (χ1) is 8.60. The van der Waals surface area contributed by atoms with Crippen molar-refractivity contribution in [2.45, 2.75) is 25.6 Å². The molecule has 0 bridgehead atoms.